The lowest BCUT2D eigenvalue weighted by atomic mass is 10.3. The Kier molecular flexibility index (Phi) is 5.17. The highest BCUT2D eigenvalue weighted by Gasteiger charge is 2.32. The predicted octanol–water partition coefficient (Wildman–Crippen LogP) is -0.663. The fraction of sp³-hybridized carbons (Fsp3) is 0.562. The summed E-state index contributed by atoms with van der Waals surface area (Å²) >= 11 is 0. The van der Waals surface area contributed by atoms with Gasteiger partial charge >= 0.3 is 0 Å². The lowest BCUT2D eigenvalue weighted by molar-refractivity contribution is -0.896. The molecule has 0 atom stereocenters. The molecule has 1 N–H and O–H groups in total. The number of carbonyl (C=O) groups excluding carboxylic acids is 1. The van der Waals surface area contributed by atoms with Crippen molar-refractivity contribution in [2.24, 2.45) is 0 Å². The number of quaternary nitrogens is 1. The van der Waals surface area contributed by atoms with E-state index < -0.39 is 15.8 Å². The summed E-state index contributed by atoms with van der Waals surface area (Å²) in [7, 11) is -3.67. The monoisotopic (exact) mass is 356 g/mol. The van der Waals surface area contributed by atoms with Crippen LogP contribution in [-0.4, -0.2) is 69.3 Å². The molecule has 1 aromatic carbocycles. The Morgan fingerprint density at radius 1 is 1.12 bits per heavy atom. The molecule has 0 unspecified atom stereocenters. The zero-order valence-electron chi connectivity index (χ0n) is 13.6. The molecular weight excluding hydrogens is 333 g/mol. The van der Waals surface area contributed by atoms with E-state index in [1.807, 2.05) is 4.90 Å². The number of benzene rings is 1. The molecule has 2 heterocycles. The molecule has 0 aromatic heterocycles. The number of piperazine rings is 1. The number of rotatable bonds is 4. The van der Waals surface area contributed by atoms with Crippen molar-refractivity contribution in [3.8, 4) is 0 Å². The molecule has 8 heteroatoms. The summed E-state index contributed by atoms with van der Waals surface area (Å²) in [5.74, 6) is -0.402. The van der Waals surface area contributed by atoms with Crippen LogP contribution in [-0.2, 0) is 14.8 Å². The predicted molar refractivity (Wildman–Crippen MR) is 86.5 cm³/mol. The van der Waals surface area contributed by atoms with Gasteiger partial charge in [0.1, 0.15) is 5.82 Å². The number of hydrogen-bond acceptors (Lipinski definition) is 3. The average molecular weight is 356 g/mol. The fourth-order valence-corrected chi connectivity index (χ4v) is 4.76. The average Bonchev–Trinajstić information content (AvgIpc) is 3.10. The number of sulfonamides is 1. The maximum absolute atomic E-state index is 13.3. The van der Waals surface area contributed by atoms with Crippen molar-refractivity contribution in [3.63, 3.8) is 0 Å². The van der Waals surface area contributed by atoms with E-state index in [1.165, 1.54) is 22.5 Å². The lowest BCUT2D eigenvalue weighted by Crippen LogP contribution is -3.15. The molecule has 0 saturated carbocycles. The number of likely N-dealkylation sites (tertiary alicyclic amines) is 1. The first-order valence-electron chi connectivity index (χ1n) is 8.34. The zero-order valence-corrected chi connectivity index (χ0v) is 14.4. The number of nitrogens with zero attached hydrogens (tertiary/aromatic N) is 2. The van der Waals surface area contributed by atoms with Crippen molar-refractivity contribution in [2.75, 3.05) is 45.8 Å². The van der Waals surface area contributed by atoms with Crippen LogP contribution in [0.3, 0.4) is 0 Å². The summed E-state index contributed by atoms with van der Waals surface area (Å²) in [5.41, 5.74) is 0. The molecule has 0 bridgehead atoms. The standard InChI is InChI=1S/C16H22FN3O3S/c17-14-4-3-5-15(12-14)24(22,23)20-10-8-18(9-11-20)13-16(21)19-6-1-2-7-19/h3-5,12H,1-2,6-11,13H2/p+1. The van der Waals surface area contributed by atoms with Crippen molar-refractivity contribution in [3.05, 3.63) is 30.1 Å². The molecule has 24 heavy (non-hydrogen) atoms. The summed E-state index contributed by atoms with van der Waals surface area (Å²) in [5, 5.41) is 0. The van der Waals surface area contributed by atoms with E-state index in [9.17, 15) is 17.6 Å². The maximum Gasteiger partial charge on any atom is 0.277 e. The second-order valence-corrected chi connectivity index (χ2v) is 8.31. The van der Waals surface area contributed by atoms with E-state index in [4.69, 9.17) is 0 Å². The van der Waals surface area contributed by atoms with Crippen molar-refractivity contribution in [2.45, 2.75) is 17.7 Å². The number of carbonyl (C=O) groups is 1. The van der Waals surface area contributed by atoms with Crippen molar-refractivity contribution >= 4 is 15.9 Å². The third-order valence-corrected chi connectivity index (χ3v) is 6.62. The second-order valence-electron chi connectivity index (χ2n) is 6.38. The van der Waals surface area contributed by atoms with E-state index in [2.05, 4.69) is 0 Å². The minimum Gasteiger partial charge on any atom is -0.338 e. The van der Waals surface area contributed by atoms with Gasteiger partial charge < -0.3 is 9.80 Å². The minimum absolute atomic E-state index is 0.0147. The molecule has 1 aromatic rings. The van der Waals surface area contributed by atoms with E-state index in [-0.39, 0.29) is 10.8 Å². The van der Waals surface area contributed by atoms with Crippen LogP contribution >= 0.6 is 0 Å². The molecule has 132 valence electrons. The van der Waals surface area contributed by atoms with Crippen LogP contribution in [0.25, 0.3) is 0 Å². The number of amides is 1. The van der Waals surface area contributed by atoms with Gasteiger partial charge in [-0.15, -0.1) is 0 Å². The van der Waals surface area contributed by atoms with Crippen LogP contribution in [0.2, 0.25) is 0 Å². The summed E-state index contributed by atoms with van der Waals surface area (Å²) in [6.07, 6.45) is 2.14. The minimum atomic E-state index is -3.67. The van der Waals surface area contributed by atoms with Gasteiger partial charge in [-0.1, -0.05) is 6.07 Å². The van der Waals surface area contributed by atoms with Crippen molar-refractivity contribution in [1.29, 1.82) is 0 Å². The Morgan fingerprint density at radius 2 is 1.79 bits per heavy atom. The Hall–Kier alpha value is -1.51. The van der Waals surface area contributed by atoms with E-state index >= 15 is 0 Å². The first kappa shape index (κ1) is 17.3. The van der Waals surface area contributed by atoms with E-state index in [0.717, 1.165) is 36.9 Å². The highest BCUT2D eigenvalue weighted by atomic mass is 32.2. The van der Waals surface area contributed by atoms with Gasteiger partial charge in [0.05, 0.1) is 31.1 Å². The second kappa shape index (κ2) is 7.16. The van der Waals surface area contributed by atoms with Crippen LogP contribution in [0.5, 0.6) is 0 Å². The SMILES string of the molecule is O=C(C[NH+]1CCN(S(=O)(=O)c2cccc(F)c2)CC1)N1CCCC1. The van der Waals surface area contributed by atoms with Gasteiger partial charge in [0.2, 0.25) is 10.0 Å². The van der Waals surface area contributed by atoms with Crippen LogP contribution in [0.15, 0.2) is 29.2 Å². The Balaban J connectivity index is 1.57. The highest BCUT2D eigenvalue weighted by molar-refractivity contribution is 7.89. The number of hydrogen-bond donors (Lipinski definition) is 1. The van der Waals surface area contributed by atoms with Gasteiger partial charge in [-0.25, -0.2) is 12.8 Å². The number of nitrogens with one attached hydrogen (secondary N) is 1. The smallest absolute Gasteiger partial charge is 0.277 e. The Morgan fingerprint density at radius 3 is 2.42 bits per heavy atom. The Labute approximate surface area is 141 Å². The Bertz CT molecular complexity index is 696. The van der Waals surface area contributed by atoms with Gasteiger partial charge in [0.25, 0.3) is 5.91 Å². The molecule has 1 amide bonds. The maximum atomic E-state index is 13.3. The lowest BCUT2D eigenvalue weighted by Gasteiger charge is -2.31. The summed E-state index contributed by atoms with van der Waals surface area (Å²) in [6, 6.07) is 5.09. The molecule has 0 aliphatic carbocycles. The highest BCUT2D eigenvalue weighted by Crippen LogP contribution is 2.16. The molecule has 6 nitrogen and oxygen atoms in total. The third-order valence-electron chi connectivity index (χ3n) is 4.72. The quantitative estimate of drug-likeness (QED) is 0.779. The van der Waals surface area contributed by atoms with Crippen LogP contribution in [0, 0.1) is 5.82 Å². The largest absolute Gasteiger partial charge is 0.338 e. The van der Waals surface area contributed by atoms with Gasteiger partial charge in [0.15, 0.2) is 6.54 Å². The first-order chi connectivity index (χ1) is 11.5. The summed E-state index contributed by atoms with van der Waals surface area (Å²) in [6.45, 7) is 3.98. The van der Waals surface area contributed by atoms with Gasteiger partial charge in [-0.05, 0) is 31.0 Å². The summed E-state index contributed by atoms with van der Waals surface area (Å²) in [4.78, 5) is 15.2. The summed E-state index contributed by atoms with van der Waals surface area (Å²) < 4.78 is 39.8. The van der Waals surface area contributed by atoms with Crippen LogP contribution < -0.4 is 4.90 Å². The van der Waals surface area contributed by atoms with Crippen molar-refractivity contribution in [1.82, 2.24) is 9.21 Å². The van der Waals surface area contributed by atoms with Gasteiger partial charge in [-0.2, -0.15) is 4.31 Å². The normalized spacial score (nSPS) is 20.5. The van der Waals surface area contributed by atoms with Crippen molar-refractivity contribution < 1.29 is 22.5 Å². The third kappa shape index (κ3) is 3.76. The zero-order chi connectivity index (χ0) is 17.2. The van der Waals surface area contributed by atoms with Crippen LogP contribution in [0.4, 0.5) is 4.39 Å². The molecule has 2 aliphatic rings. The van der Waals surface area contributed by atoms with Crippen LogP contribution in [0.1, 0.15) is 12.8 Å². The molecule has 2 fully saturated rings. The fourth-order valence-electron chi connectivity index (χ4n) is 3.29. The number of halogens is 1. The molecule has 0 spiro atoms. The molecule has 3 rings (SSSR count). The van der Waals surface area contributed by atoms with Gasteiger partial charge in [0, 0.05) is 13.1 Å². The molecule has 2 aliphatic heterocycles. The molecular formula is C16H23FN3O3S+. The topological polar surface area (TPSA) is 62.1 Å². The van der Waals surface area contributed by atoms with E-state index in [0.29, 0.717) is 32.7 Å². The van der Waals surface area contributed by atoms with Gasteiger partial charge in [-0.3, -0.25) is 4.79 Å². The first-order valence-corrected chi connectivity index (χ1v) is 9.78. The van der Waals surface area contributed by atoms with E-state index in [1.54, 1.807) is 0 Å². The molecule has 0 radical (unpaired) electrons. The molecule has 2 saturated heterocycles.